The highest BCUT2D eigenvalue weighted by molar-refractivity contribution is 5.91. The van der Waals surface area contributed by atoms with Gasteiger partial charge in [-0.25, -0.2) is 4.79 Å². The monoisotopic (exact) mass is 387 g/mol. The number of carbonyl (C=O) groups is 1. The van der Waals surface area contributed by atoms with E-state index in [4.69, 9.17) is 4.74 Å². The minimum atomic E-state index is -0.0994. The number of aryl methyl sites for hydroxylation is 1. The van der Waals surface area contributed by atoms with Gasteiger partial charge in [-0.15, -0.1) is 0 Å². The molecule has 2 amide bonds. The fraction of sp³-hybridized carbons (Fsp3) is 0.208. The van der Waals surface area contributed by atoms with Crippen LogP contribution in [0.15, 0.2) is 78.9 Å². The third-order valence-electron chi connectivity index (χ3n) is 5.07. The topological polar surface area (TPSA) is 44.8 Å². The van der Waals surface area contributed by atoms with Crippen molar-refractivity contribution in [2.24, 2.45) is 0 Å². The first kappa shape index (κ1) is 18.9. The van der Waals surface area contributed by atoms with Crippen molar-refractivity contribution in [2.45, 2.75) is 6.92 Å². The minimum absolute atomic E-state index is 0.0994. The van der Waals surface area contributed by atoms with E-state index in [0.29, 0.717) is 24.5 Å². The molecule has 5 heteroatoms. The molecule has 1 N–H and O–H groups in total. The number of nitrogens with one attached hydrogen (secondary N) is 1. The number of carbonyl (C=O) groups excluding carboxylic acids is 1. The van der Waals surface area contributed by atoms with Crippen LogP contribution in [-0.4, -0.2) is 37.1 Å². The van der Waals surface area contributed by atoms with Gasteiger partial charge < -0.3 is 19.9 Å². The van der Waals surface area contributed by atoms with Crippen LogP contribution in [0.1, 0.15) is 5.56 Å². The Hall–Kier alpha value is -3.47. The zero-order valence-corrected chi connectivity index (χ0v) is 16.5. The molecule has 5 nitrogen and oxygen atoms in total. The number of ether oxygens (including phenoxy) is 1. The Kier molecular flexibility index (Phi) is 5.66. The average molecular weight is 387 g/mol. The SMILES string of the molecule is Cc1ccc(N2CCN(C(=O)Nc3ccccc3Oc3ccccc3)CC2)cc1. The molecular weight excluding hydrogens is 362 g/mol. The van der Waals surface area contributed by atoms with E-state index in [9.17, 15) is 4.79 Å². The molecule has 1 fully saturated rings. The fourth-order valence-corrected chi connectivity index (χ4v) is 3.39. The molecule has 0 aliphatic carbocycles. The Labute approximate surface area is 171 Å². The van der Waals surface area contributed by atoms with E-state index in [2.05, 4.69) is 41.4 Å². The van der Waals surface area contributed by atoms with E-state index < -0.39 is 0 Å². The third-order valence-corrected chi connectivity index (χ3v) is 5.07. The van der Waals surface area contributed by atoms with Crippen LogP contribution in [0.3, 0.4) is 0 Å². The van der Waals surface area contributed by atoms with Gasteiger partial charge in [0.2, 0.25) is 0 Å². The number of urea groups is 1. The maximum atomic E-state index is 12.8. The summed E-state index contributed by atoms with van der Waals surface area (Å²) in [5.74, 6) is 1.37. The van der Waals surface area contributed by atoms with Gasteiger partial charge in [0.15, 0.2) is 5.75 Å². The molecule has 0 saturated carbocycles. The van der Waals surface area contributed by atoms with E-state index >= 15 is 0 Å². The number of rotatable bonds is 4. The molecule has 3 aromatic rings. The smallest absolute Gasteiger partial charge is 0.322 e. The van der Waals surface area contributed by atoms with Gasteiger partial charge in [-0.1, -0.05) is 48.0 Å². The van der Waals surface area contributed by atoms with Crippen molar-refractivity contribution in [1.82, 2.24) is 4.90 Å². The zero-order chi connectivity index (χ0) is 20.1. The number of nitrogens with zero attached hydrogens (tertiary/aromatic N) is 2. The van der Waals surface area contributed by atoms with Crippen molar-refractivity contribution in [3.05, 3.63) is 84.4 Å². The highest BCUT2D eigenvalue weighted by atomic mass is 16.5. The van der Waals surface area contributed by atoms with Crippen LogP contribution in [0.5, 0.6) is 11.5 Å². The molecule has 0 aromatic heterocycles. The molecule has 1 aliphatic heterocycles. The number of benzene rings is 3. The van der Waals surface area contributed by atoms with Crippen LogP contribution < -0.4 is 15.0 Å². The number of para-hydroxylation sites is 3. The summed E-state index contributed by atoms with van der Waals surface area (Å²) in [5.41, 5.74) is 3.13. The Balaban J connectivity index is 1.37. The van der Waals surface area contributed by atoms with E-state index in [1.165, 1.54) is 11.3 Å². The molecule has 29 heavy (non-hydrogen) atoms. The molecule has 0 unspecified atom stereocenters. The fourth-order valence-electron chi connectivity index (χ4n) is 3.39. The highest BCUT2D eigenvalue weighted by Gasteiger charge is 2.22. The predicted octanol–water partition coefficient (Wildman–Crippen LogP) is 5.14. The van der Waals surface area contributed by atoms with E-state index in [-0.39, 0.29) is 6.03 Å². The Morgan fingerprint density at radius 3 is 2.21 bits per heavy atom. The molecule has 0 radical (unpaired) electrons. The number of anilines is 2. The molecule has 0 bridgehead atoms. The van der Waals surface area contributed by atoms with Gasteiger partial charge in [-0.3, -0.25) is 0 Å². The van der Waals surface area contributed by atoms with Gasteiger partial charge in [0.1, 0.15) is 5.75 Å². The highest BCUT2D eigenvalue weighted by Crippen LogP contribution is 2.29. The Morgan fingerprint density at radius 2 is 1.48 bits per heavy atom. The van der Waals surface area contributed by atoms with Gasteiger partial charge in [-0.05, 0) is 43.3 Å². The van der Waals surface area contributed by atoms with Crippen molar-refractivity contribution in [3.8, 4) is 11.5 Å². The largest absolute Gasteiger partial charge is 0.455 e. The van der Waals surface area contributed by atoms with Crippen LogP contribution in [0, 0.1) is 6.92 Å². The Bertz CT molecular complexity index is 949. The predicted molar refractivity (Wildman–Crippen MR) is 117 cm³/mol. The maximum Gasteiger partial charge on any atom is 0.322 e. The second kappa shape index (κ2) is 8.69. The molecular formula is C24H25N3O2. The summed E-state index contributed by atoms with van der Waals surface area (Å²) in [5, 5.41) is 3.01. The molecule has 1 aliphatic rings. The summed E-state index contributed by atoms with van der Waals surface area (Å²) < 4.78 is 5.94. The lowest BCUT2D eigenvalue weighted by atomic mass is 10.2. The minimum Gasteiger partial charge on any atom is -0.455 e. The van der Waals surface area contributed by atoms with Crippen LogP contribution >= 0.6 is 0 Å². The molecule has 3 aromatic carbocycles. The number of amides is 2. The summed E-state index contributed by atoms with van der Waals surface area (Å²) >= 11 is 0. The summed E-state index contributed by atoms with van der Waals surface area (Å²) in [6.45, 7) is 5.09. The zero-order valence-electron chi connectivity index (χ0n) is 16.5. The van der Waals surface area contributed by atoms with Crippen LogP contribution in [-0.2, 0) is 0 Å². The first-order valence-corrected chi connectivity index (χ1v) is 9.88. The third kappa shape index (κ3) is 4.69. The first-order valence-electron chi connectivity index (χ1n) is 9.88. The van der Waals surface area contributed by atoms with Gasteiger partial charge in [-0.2, -0.15) is 0 Å². The van der Waals surface area contributed by atoms with Crippen molar-refractivity contribution >= 4 is 17.4 Å². The van der Waals surface area contributed by atoms with Gasteiger partial charge >= 0.3 is 6.03 Å². The second-order valence-corrected chi connectivity index (χ2v) is 7.15. The van der Waals surface area contributed by atoms with Crippen molar-refractivity contribution in [3.63, 3.8) is 0 Å². The lowest BCUT2D eigenvalue weighted by Crippen LogP contribution is -2.50. The van der Waals surface area contributed by atoms with Crippen molar-refractivity contribution < 1.29 is 9.53 Å². The lowest BCUT2D eigenvalue weighted by Gasteiger charge is -2.36. The van der Waals surface area contributed by atoms with Gasteiger partial charge in [0.05, 0.1) is 5.69 Å². The summed E-state index contributed by atoms with van der Waals surface area (Å²) in [4.78, 5) is 17.0. The van der Waals surface area contributed by atoms with Crippen LogP contribution in [0.2, 0.25) is 0 Å². The average Bonchev–Trinajstić information content (AvgIpc) is 2.76. The number of hydrogen-bond acceptors (Lipinski definition) is 3. The van der Waals surface area contributed by atoms with Gasteiger partial charge in [0, 0.05) is 31.9 Å². The summed E-state index contributed by atoms with van der Waals surface area (Å²) in [6, 6.07) is 25.5. The van der Waals surface area contributed by atoms with Crippen molar-refractivity contribution in [2.75, 3.05) is 36.4 Å². The lowest BCUT2D eigenvalue weighted by molar-refractivity contribution is 0.208. The van der Waals surface area contributed by atoms with E-state index in [0.717, 1.165) is 18.8 Å². The number of hydrogen-bond donors (Lipinski definition) is 1. The summed E-state index contributed by atoms with van der Waals surface area (Å²) in [6.07, 6.45) is 0. The second-order valence-electron chi connectivity index (χ2n) is 7.15. The molecule has 0 spiro atoms. The standard InChI is InChI=1S/C24H25N3O2/c1-19-11-13-20(14-12-19)26-15-17-27(18-16-26)24(28)25-22-9-5-6-10-23(22)29-21-7-3-2-4-8-21/h2-14H,15-18H2,1H3,(H,25,28). The number of piperazine rings is 1. The molecule has 4 rings (SSSR count). The van der Waals surface area contributed by atoms with Crippen molar-refractivity contribution in [1.29, 1.82) is 0 Å². The summed E-state index contributed by atoms with van der Waals surface area (Å²) in [7, 11) is 0. The van der Waals surface area contributed by atoms with Crippen LogP contribution in [0.25, 0.3) is 0 Å². The van der Waals surface area contributed by atoms with Gasteiger partial charge in [0.25, 0.3) is 0 Å². The Morgan fingerprint density at radius 1 is 0.828 bits per heavy atom. The molecule has 148 valence electrons. The normalized spacial score (nSPS) is 13.8. The molecule has 1 heterocycles. The quantitative estimate of drug-likeness (QED) is 0.674. The van der Waals surface area contributed by atoms with E-state index in [1.807, 2.05) is 59.5 Å². The maximum absolute atomic E-state index is 12.8. The van der Waals surface area contributed by atoms with E-state index in [1.54, 1.807) is 0 Å². The molecule has 1 saturated heterocycles. The van der Waals surface area contributed by atoms with Crippen LogP contribution in [0.4, 0.5) is 16.2 Å². The molecule has 0 atom stereocenters. The first-order chi connectivity index (χ1) is 14.2.